The molecule has 1 aromatic carbocycles. The molecular formula is C22H36O3. The predicted molar refractivity (Wildman–Crippen MR) is 104 cm³/mol. The number of aliphatic hydroxyl groups is 2. The van der Waals surface area contributed by atoms with Gasteiger partial charge in [0.05, 0.1) is 12.2 Å². The smallest absolute Gasteiger partial charge is 0.160 e. The Labute approximate surface area is 153 Å². The molecule has 1 rings (SSSR count). The van der Waals surface area contributed by atoms with Gasteiger partial charge in [-0.25, -0.2) is 0 Å². The molecule has 0 radical (unpaired) electrons. The third-order valence-electron chi connectivity index (χ3n) is 4.38. The zero-order chi connectivity index (χ0) is 18.7. The van der Waals surface area contributed by atoms with Crippen LogP contribution in [0.15, 0.2) is 36.9 Å². The van der Waals surface area contributed by atoms with Crippen molar-refractivity contribution >= 4 is 0 Å². The van der Waals surface area contributed by atoms with Gasteiger partial charge < -0.3 is 14.9 Å². The highest BCUT2D eigenvalue weighted by Crippen LogP contribution is 2.21. The van der Waals surface area contributed by atoms with E-state index in [0.29, 0.717) is 0 Å². The largest absolute Gasteiger partial charge is 0.384 e. The summed E-state index contributed by atoms with van der Waals surface area (Å²) >= 11 is 0. The highest BCUT2D eigenvalue weighted by molar-refractivity contribution is 5.26. The van der Waals surface area contributed by atoms with E-state index in [0.717, 1.165) is 31.2 Å². The lowest BCUT2D eigenvalue weighted by Crippen LogP contribution is -2.30. The molecule has 3 heteroatoms. The Hall–Kier alpha value is -1.16. The topological polar surface area (TPSA) is 49.7 Å². The molecule has 0 amide bonds. The van der Waals surface area contributed by atoms with Gasteiger partial charge in [-0.15, -0.1) is 6.58 Å². The molecule has 0 aliphatic carbocycles. The maximum atomic E-state index is 9.99. The fraction of sp³-hybridized carbons (Fsp3) is 0.636. The first kappa shape index (κ1) is 21.9. The third-order valence-corrected chi connectivity index (χ3v) is 4.38. The molecule has 0 aromatic heterocycles. The second kappa shape index (κ2) is 11.5. The van der Waals surface area contributed by atoms with Gasteiger partial charge in [0.1, 0.15) is 0 Å². The van der Waals surface area contributed by atoms with Crippen LogP contribution in [0, 0.1) is 0 Å². The monoisotopic (exact) mass is 348 g/mol. The molecule has 3 nitrogen and oxygen atoms in total. The number of ether oxygens (including phenoxy) is 1. The number of hydrogen-bond donors (Lipinski definition) is 2. The van der Waals surface area contributed by atoms with Gasteiger partial charge in [-0.3, -0.25) is 0 Å². The van der Waals surface area contributed by atoms with Gasteiger partial charge in [-0.2, -0.15) is 0 Å². The Morgan fingerprint density at radius 1 is 1.08 bits per heavy atom. The molecule has 0 heterocycles. The summed E-state index contributed by atoms with van der Waals surface area (Å²) in [5, 5.41) is 19.7. The van der Waals surface area contributed by atoms with Crippen LogP contribution >= 0.6 is 0 Å². The van der Waals surface area contributed by atoms with Crippen LogP contribution in [0.3, 0.4) is 0 Å². The van der Waals surface area contributed by atoms with E-state index >= 15 is 0 Å². The summed E-state index contributed by atoms with van der Waals surface area (Å²) in [6.07, 6.45) is 9.96. The average Bonchev–Trinajstić information content (AvgIpc) is 2.57. The van der Waals surface area contributed by atoms with Crippen LogP contribution in [0.5, 0.6) is 0 Å². The van der Waals surface area contributed by atoms with Gasteiger partial charge in [0.25, 0.3) is 0 Å². The van der Waals surface area contributed by atoms with E-state index in [1.54, 1.807) is 13.8 Å². The number of rotatable bonds is 13. The second-order valence-corrected chi connectivity index (χ2v) is 7.35. The number of benzene rings is 1. The molecule has 25 heavy (non-hydrogen) atoms. The van der Waals surface area contributed by atoms with Crippen LogP contribution in [-0.2, 0) is 11.2 Å². The van der Waals surface area contributed by atoms with Crippen molar-refractivity contribution in [2.45, 2.75) is 90.1 Å². The maximum absolute atomic E-state index is 9.99. The normalized spacial score (nSPS) is 14.3. The van der Waals surface area contributed by atoms with Crippen LogP contribution in [0.2, 0.25) is 0 Å². The van der Waals surface area contributed by atoms with E-state index in [2.05, 4.69) is 13.5 Å². The van der Waals surface area contributed by atoms with Crippen molar-refractivity contribution in [3.8, 4) is 0 Å². The van der Waals surface area contributed by atoms with Crippen molar-refractivity contribution in [1.29, 1.82) is 0 Å². The number of hydrogen-bond acceptors (Lipinski definition) is 3. The fourth-order valence-corrected chi connectivity index (χ4v) is 2.99. The summed E-state index contributed by atoms with van der Waals surface area (Å²) in [6.45, 7) is 9.23. The van der Waals surface area contributed by atoms with Crippen molar-refractivity contribution in [3.63, 3.8) is 0 Å². The maximum Gasteiger partial charge on any atom is 0.160 e. The molecule has 0 fully saturated rings. The molecule has 0 bridgehead atoms. The van der Waals surface area contributed by atoms with E-state index in [4.69, 9.17) is 4.74 Å². The highest BCUT2D eigenvalue weighted by Gasteiger charge is 2.20. The molecule has 0 saturated heterocycles. The van der Waals surface area contributed by atoms with Gasteiger partial charge in [-0.1, -0.05) is 69.4 Å². The van der Waals surface area contributed by atoms with E-state index in [1.165, 1.54) is 37.3 Å². The lowest BCUT2D eigenvalue weighted by molar-refractivity contribution is -0.208. The molecule has 1 aromatic rings. The summed E-state index contributed by atoms with van der Waals surface area (Å²) in [5.74, 6) is -1.09. The van der Waals surface area contributed by atoms with Crippen LogP contribution in [0.25, 0.3) is 0 Å². The van der Waals surface area contributed by atoms with E-state index in [-0.39, 0.29) is 6.10 Å². The van der Waals surface area contributed by atoms with E-state index in [1.807, 2.05) is 24.3 Å². The molecular weight excluding hydrogens is 312 g/mol. The third kappa shape index (κ3) is 9.78. The van der Waals surface area contributed by atoms with Crippen LogP contribution in [0.4, 0.5) is 0 Å². The fourth-order valence-electron chi connectivity index (χ4n) is 2.99. The Kier molecular flexibility index (Phi) is 10.0. The van der Waals surface area contributed by atoms with Crippen molar-refractivity contribution in [2.75, 3.05) is 0 Å². The Morgan fingerprint density at radius 3 is 2.28 bits per heavy atom. The molecule has 142 valence electrons. The number of aliphatic hydroxyl groups excluding tert-OH is 1. The average molecular weight is 349 g/mol. The quantitative estimate of drug-likeness (QED) is 0.288. The van der Waals surface area contributed by atoms with Crippen molar-refractivity contribution in [2.24, 2.45) is 0 Å². The lowest BCUT2D eigenvalue weighted by Gasteiger charge is -2.26. The Balaban J connectivity index is 2.51. The van der Waals surface area contributed by atoms with Crippen LogP contribution < -0.4 is 0 Å². The van der Waals surface area contributed by atoms with Crippen molar-refractivity contribution < 1.29 is 14.9 Å². The highest BCUT2D eigenvalue weighted by atomic mass is 16.6. The van der Waals surface area contributed by atoms with Gasteiger partial charge in [0.15, 0.2) is 5.79 Å². The van der Waals surface area contributed by atoms with Crippen molar-refractivity contribution in [1.82, 2.24) is 0 Å². The second-order valence-electron chi connectivity index (χ2n) is 7.35. The number of unbranched alkanes of at least 4 members (excludes halogenated alkanes) is 4. The standard InChI is InChI=1S/C22H36O3/c1-5-7-8-9-10-11-20(25-22(3,4)24)17-14-18-12-15-19(16-13-18)21(23)6-2/h6,12-13,15-16,20-21,23-24H,2,5,7-11,14,17H2,1,3-4H3/t20-,21?/m1/s1. The molecule has 2 N–H and O–H groups in total. The minimum Gasteiger partial charge on any atom is -0.384 e. The first-order valence-corrected chi connectivity index (χ1v) is 9.65. The SMILES string of the molecule is C=CC(O)c1ccc(CC[C@@H](CCCCCCC)OC(C)(C)O)cc1. The van der Waals surface area contributed by atoms with Crippen LogP contribution in [0.1, 0.15) is 82.9 Å². The van der Waals surface area contributed by atoms with Gasteiger partial charge in [0.2, 0.25) is 0 Å². The molecule has 0 saturated carbocycles. The summed E-state index contributed by atoms with van der Waals surface area (Å²) < 4.78 is 5.85. The van der Waals surface area contributed by atoms with Gasteiger partial charge >= 0.3 is 0 Å². The van der Waals surface area contributed by atoms with Crippen molar-refractivity contribution in [3.05, 3.63) is 48.0 Å². The summed E-state index contributed by atoms with van der Waals surface area (Å²) in [5.41, 5.74) is 2.08. The van der Waals surface area contributed by atoms with Gasteiger partial charge in [0, 0.05) is 0 Å². The minimum atomic E-state index is -1.09. The molecule has 0 spiro atoms. The van der Waals surface area contributed by atoms with E-state index in [9.17, 15) is 10.2 Å². The van der Waals surface area contributed by atoms with Gasteiger partial charge in [-0.05, 0) is 44.2 Å². The summed E-state index contributed by atoms with van der Waals surface area (Å²) in [7, 11) is 0. The molecule has 0 aliphatic rings. The zero-order valence-corrected chi connectivity index (χ0v) is 16.2. The predicted octanol–water partition coefficient (Wildman–Crippen LogP) is 5.31. The molecule has 1 unspecified atom stereocenters. The minimum absolute atomic E-state index is 0.0695. The Bertz CT molecular complexity index is 473. The van der Waals surface area contributed by atoms with Crippen LogP contribution in [-0.4, -0.2) is 22.1 Å². The zero-order valence-electron chi connectivity index (χ0n) is 16.2. The first-order valence-electron chi connectivity index (χ1n) is 9.65. The van der Waals surface area contributed by atoms with E-state index < -0.39 is 11.9 Å². The number of aryl methyl sites for hydroxylation is 1. The Morgan fingerprint density at radius 2 is 1.72 bits per heavy atom. The first-order chi connectivity index (χ1) is 11.9. The summed E-state index contributed by atoms with van der Waals surface area (Å²) in [4.78, 5) is 0. The molecule has 2 atom stereocenters. The molecule has 0 aliphatic heterocycles. The summed E-state index contributed by atoms with van der Waals surface area (Å²) in [6, 6.07) is 7.98. The lowest BCUT2D eigenvalue weighted by atomic mass is 10.00.